The summed E-state index contributed by atoms with van der Waals surface area (Å²) in [5.41, 5.74) is 3.42. The van der Waals surface area contributed by atoms with Crippen LogP contribution in [0, 0.1) is 17.0 Å². The monoisotopic (exact) mass is 556 g/mol. The van der Waals surface area contributed by atoms with Gasteiger partial charge in [0.15, 0.2) is 0 Å². The predicted octanol–water partition coefficient (Wildman–Crippen LogP) is 4.84. The highest BCUT2D eigenvalue weighted by Crippen LogP contribution is 2.39. The standard InChI is InChI=1S/C30H32N6O3S/c1-3-33-12-11-23-25(19-33)40-29-27(23)28(31-26(32-29)17-21-7-5-4-6-8-21)34-13-15-35(16-14-34)30(37)22-10-9-20(2)24(18-22)36(38)39/h4-10,18H,3,11-17,19H2,1-2H3. The predicted molar refractivity (Wildman–Crippen MR) is 157 cm³/mol. The van der Waals surface area contributed by atoms with Crippen molar-refractivity contribution in [2.24, 2.45) is 0 Å². The van der Waals surface area contributed by atoms with Crippen LogP contribution in [0.15, 0.2) is 48.5 Å². The smallest absolute Gasteiger partial charge is 0.273 e. The van der Waals surface area contributed by atoms with Gasteiger partial charge in [0.1, 0.15) is 16.5 Å². The summed E-state index contributed by atoms with van der Waals surface area (Å²) < 4.78 is 0. The quantitative estimate of drug-likeness (QED) is 0.248. The third-order valence-corrected chi connectivity index (χ3v) is 9.09. The van der Waals surface area contributed by atoms with Crippen LogP contribution in [-0.4, -0.2) is 69.9 Å². The number of aryl methyl sites for hydroxylation is 1. The van der Waals surface area contributed by atoms with Gasteiger partial charge in [-0.1, -0.05) is 43.3 Å². The second-order valence-electron chi connectivity index (χ2n) is 10.5. The number of carbonyl (C=O) groups is 1. The number of thiophene rings is 1. The Morgan fingerprint density at radius 3 is 2.55 bits per heavy atom. The number of hydrogen-bond acceptors (Lipinski definition) is 8. The number of fused-ring (bicyclic) bond motifs is 3. The Bertz CT molecular complexity index is 1580. The number of piperazine rings is 1. The Morgan fingerprint density at radius 2 is 1.82 bits per heavy atom. The molecule has 0 spiro atoms. The second kappa shape index (κ2) is 10.9. The van der Waals surface area contributed by atoms with Gasteiger partial charge in [0, 0.05) is 67.8 Å². The van der Waals surface area contributed by atoms with Gasteiger partial charge in [0.2, 0.25) is 0 Å². The summed E-state index contributed by atoms with van der Waals surface area (Å²) in [5.74, 6) is 1.61. The van der Waals surface area contributed by atoms with E-state index in [4.69, 9.17) is 9.97 Å². The third kappa shape index (κ3) is 5.04. The van der Waals surface area contributed by atoms with Crippen molar-refractivity contribution in [3.05, 3.63) is 91.6 Å². The minimum atomic E-state index is -0.432. The first-order valence-electron chi connectivity index (χ1n) is 13.8. The van der Waals surface area contributed by atoms with Crippen molar-refractivity contribution in [3.63, 3.8) is 0 Å². The third-order valence-electron chi connectivity index (χ3n) is 7.98. The van der Waals surface area contributed by atoms with E-state index in [2.05, 4.69) is 28.9 Å². The zero-order valence-electron chi connectivity index (χ0n) is 22.8. The van der Waals surface area contributed by atoms with E-state index in [1.54, 1.807) is 35.3 Å². The number of nitro groups is 1. The number of rotatable bonds is 6. The first-order chi connectivity index (χ1) is 19.4. The highest BCUT2D eigenvalue weighted by atomic mass is 32.1. The van der Waals surface area contributed by atoms with Crippen LogP contribution in [0.4, 0.5) is 11.5 Å². The molecule has 0 atom stereocenters. The maximum Gasteiger partial charge on any atom is 0.273 e. The molecule has 4 aromatic rings. The SMILES string of the molecule is CCN1CCc2c(sc3nc(Cc4ccccc4)nc(N4CCN(C(=O)c5ccc(C)c([N+](=O)[O-])c5)CC4)c23)C1. The molecule has 0 saturated carbocycles. The maximum atomic E-state index is 13.3. The minimum Gasteiger partial charge on any atom is -0.352 e. The molecule has 0 N–H and O–H groups in total. The highest BCUT2D eigenvalue weighted by molar-refractivity contribution is 7.19. The van der Waals surface area contributed by atoms with Crippen molar-refractivity contribution in [1.82, 2.24) is 19.8 Å². The Morgan fingerprint density at radius 1 is 1.05 bits per heavy atom. The molecule has 2 aromatic heterocycles. The number of nitro benzene ring substituents is 1. The van der Waals surface area contributed by atoms with Gasteiger partial charge in [-0.25, -0.2) is 9.97 Å². The Kier molecular flexibility index (Phi) is 7.20. The van der Waals surface area contributed by atoms with Gasteiger partial charge in [0.05, 0.1) is 10.3 Å². The molecule has 206 valence electrons. The van der Waals surface area contributed by atoms with Gasteiger partial charge in [-0.05, 0) is 37.1 Å². The topological polar surface area (TPSA) is 95.7 Å². The zero-order chi connectivity index (χ0) is 27.8. The highest BCUT2D eigenvalue weighted by Gasteiger charge is 2.29. The second-order valence-corrected chi connectivity index (χ2v) is 11.5. The molecule has 6 rings (SSSR count). The van der Waals surface area contributed by atoms with Crippen molar-refractivity contribution >= 4 is 39.0 Å². The maximum absolute atomic E-state index is 13.3. The summed E-state index contributed by atoms with van der Waals surface area (Å²) in [6.45, 7) is 9.23. The van der Waals surface area contributed by atoms with Gasteiger partial charge in [-0.2, -0.15) is 0 Å². The summed E-state index contributed by atoms with van der Waals surface area (Å²) in [7, 11) is 0. The Balaban J connectivity index is 1.29. The number of carbonyl (C=O) groups excluding carboxylic acids is 1. The van der Waals surface area contributed by atoms with Crippen LogP contribution in [0.5, 0.6) is 0 Å². The van der Waals surface area contributed by atoms with E-state index in [-0.39, 0.29) is 11.6 Å². The van der Waals surface area contributed by atoms with Gasteiger partial charge < -0.3 is 9.80 Å². The largest absolute Gasteiger partial charge is 0.352 e. The molecule has 0 aliphatic carbocycles. The van der Waals surface area contributed by atoms with Crippen LogP contribution >= 0.6 is 11.3 Å². The Hall–Kier alpha value is -3.89. The fourth-order valence-electron chi connectivity index (χ4n) is 5.67. The molecule has 4 heterocycles. The van der Waals surface area contributed by atoms with Crippen LogP contribution < -0.4 is 4.90 Å². The molecule has 40 heavy (non-hydrogen) atoms. The lowest BCUT2D eigenvalue weighted by Gasteiger charge is -2.36. The molecule has 1 amide bonds. The molecule has 9 nitrogen and oxygen atoms in total. The first-order valence-corrected chi connectivity index (χ1v) is 14.6. The minimum absolute atomic E-state index is 0.0253. The van der Waals surface area contributed by atoms with Crippen LogP contribution in [0.3, 0.4) is 0 Å². The molecule has 2 aromatic carbocycles. The molecule has 1 fully saturated rings. The number of nitrogens with zero attached hydrogens (tertiary/aromatic N) is 6. The average Bonchev–Trinajstić information content (AvgIpc) is 3.34. The van der Waals surface area contributed by atoms with Crippen LogP contribution in [-0.2, 0) is 19.4 Å². The van der Waals surface area contributed by atoms with Crippen molar-refractivity contribution in [1.29, 1.82) is 0 Å². The fourth-order valence-corrected chi connectivity index (χ4v) is 6.95. The van der Waals surface area contributed by atoms with E-state index < -0.39 is 4.92 Å². The lowest BCUT2D eigenvalue weighted by atomic mass is 10.0. The summed E-state index contributed by atoms with van der Waals surface area (Å²) in [6.07, 6.45) is 1.65. The number of anilines is 1. The molecule has 0 radical (unpaired) electrons. The summed E-state index contributed by atoms with van der Waals surface area (Å²) in [4.78, 5) is 43.4. The van der Waals surface area contributed by atoms with E-state index in [9.17, 15) is 14.9 Å². The van der Waals surface area contributed by atoms with Crippen LogP contribution in [0.1, 0.15) is 44.7 Å². The molecular weight excluding hydrogens is 524 g/mol. The number of likely N-dealkylation sites (N-methyl/N-ethyl adjacent to an activating group) is 1. The normalized spacial score (nSPS) is 15.8. The van der Waals surface area contributed by atoms with Crippen LogP contribution in [0.25, 0.3) is 10.2 Å². The van der Waals surface area contributed by atoms with Crippen molar-refractivity contribution < 1.29 is 9.72 Å². The van der Waals surface area contributed by atoms with Crippen molar-refractivity contribution in [2.45, 2.75) is 33.2 Å². The molecule has 2 aliphatic heterocycles. The summed E-state index contributed by atoms with van der Waals surface area (Å²) in [5, 5.41) is 12.6. The molecule has 0 bridgehead atoms. The van der Waals surface area contributed by atoms with Crippen molar-refractivity contribution in [2.75, 3.05) is 44.2 Å². The van der Waals surface area contributed by atoms with Crippen LogP contribution in [0.2, 0.25) is 0 Å². The number of aromatic nitrogens is 2. The van der Waals surface area contributed by atoms with E-state index in [1.165, 1.54) is 27.5 Å². The van der Waals surface area contributed by atoms with Crippen molar-refractivity contribution in [3.8, 4) is 0 Å². The van der Waals surface area contributed by atoms with E-state index in [0.717, 1.165) is 42.5 Å². The molecular formula is C30H32N6O3S. The average molecular weight is 557 g/mol. The summed E-state index contributed by atoms with van der Waals surface area (Å²) >= 11 is 1.79. The zero-order valence-corrected chi connectivity index (χ0v) is 23.6. The number of benzene rings is 2. The summed E-state index contributed by atoms with van der Waals surface area (Å²) in [6, 6.07) is 15.0. The van der Waals surface area contributed by atoms with E-state index in [0.29, 0.717) is 43.7 Å². The number of amides is 1. The molecule has 10 heteroatoms. The molecule has 1 saturated heterocycles. The van der Waals surface area contributed by atoms with Gasteiger partial charge in [-0.15, -0.1) is 11.3 Å². The lowest BCUT2D eigenvalue weighted by molar-refractivity contribution is -0.385. The van der Waals surface area contributed by atoms with Gasteiger partial charge in [0.25, 0.3) is 11.6 Å². The molecule has 2 aliphatic rings. The van der Waals surface area contributed by atoms with Gasteiger partial charge >= 0.3 is 0 Å². The van der Waals surface area contributed by atoms with E-state index >= 15 is 0 Å². The lowest BCUT2D eigenvalue weighted by Crippen LogP contribution is -2.49. The fraction of sp³-hybridized carbons (Fsp3) is 0.367. The Labute approximate surface area is 237 Å². The van der Waals surface area contributed by atoms with E-state index in [1.807, 2.05) is 18.2 Å². The number of hydrogen-bond donors (Lipinski definition) is 0. The first kappa shape index (κ1) is 26.3. The van der Waals surface area contributed by atoms with Gasteiger partial charge in [-0.3, -0.25) is 19.8 Å². The molecule has 0 unspecified atom stereocenters.